The first-order valence-corrected chi connectivity index (χ1v) is 8.13. The normalized spacial score (nSPS) is 12.7. The molecule has 0 radical (unpaired) electrons. The minimum atomic E-state index is -0.188. The molecule has 1 N–H and O–H groups in total. The highest BCUT2D eigenvalue weighted by Crippen LogP contribution is 2.15. The van der Waals surface area contributed by atoms with Gasteiger partial charge in [-0.2, -0.15) is 0 Å². The number of methoxy groups -OCH3 is 1. The van der Waals surface area contributed by atoms with Crippen LogP contribution in [0.15, 0.2) is 30.5 Å². The van der Waals surface area contributed by atoms with Crippen molar-refractivity contribution in [2.24, 2.45) is 5.92 Å². The van der Waals surface area contributed by atoms with Crippen LogP contribution < -0.4 is 10.1 Å². The van der Waals surface area contributed by atoms with E-state index < -0.39 is 0 Å². The minimum absolute atomic E-state index is 0.187. The molecule has 0 spiro atoms. The lowest BCUT2D eigenvalue weighted by atomic mass is 10.0. The van der Waals surface area contributed by atoms with Gasteiger partial charge in [-0.15, -0.1) is 5.10 Å². The number of ether oxygens (including phenoxy) is 1. The average Bonchev–Trinajstić information content (AvgIpc) is 3.03. The Balaban J connectivity index is 1.85. The van der Waals surface area contributed by atoms with Crippen molar-refractivity contribution < 1.29 is 9.53 Å². The second kappa shape index (κ2) is 7.47. The van der Waals surface area contributed by atoms with Gasteiger partial charge in [0.1, 0.15) is 5.75 Å². The predicted molar refractivity (Wildman–Crippen MR) is 93.2 cm³/mol. The Labute approximate surface area is 143 Å². The summed E-state index contributed by atoms with van der Waals surface area (Å²) >= 11 is 0. The van der Waals surface area contributed by atoms with Crippen molar-refractivity contribution in [3.05, 3.63) is 41.7 Å². The predicted octanol–water partition coefficient (Wildman–Crippen LogP) is 2.65. The maximum atomic E-state index is 12.2. The Morgan fingerprint density at radius 2 is 1.96 bits per heavy atom. The Morgan fingerprint density at radius 1 is 1.29 bits per heavy atom. The van der Waals surface area contributed by atoms with Gasteiger partial charge in [0.25, 0.3) is 5.91 Å². The number of hydrogen-bond donors (Lipinski definition) is 1. The molecule has 1 heterocycles. The van der Waals surface area contributed by atoms with E-state index in [1.807, 2.05) is 45.0 Å². The van der Waals surface area contributed by atoms with Crippen LogP contribution in [0.4, 0.5) is 0 Å². The molecular weight excluding hydrogens is 304 g/mol. The summed E-state index contributed by atoms with van der Waals surface area (Å²) in [6, 6.07) is 8.00. The van der Waals surface area contributed by atoms with Crippen molar-refractivity contribution in [1.29, 1.82) is 0 Å². The number of hydrogen-bond acceptors (Lipinski definition) is 4. The van der Waals surface area contributed by atoms with Crippen LogP contribution in [-0.4, -0.2) is 34.6 Å². The SMILES string of the molecule is COc1ccc(C[C@H](C)CNC(=O)c2cn(C(C)(C)C)nn2)cc1. The van der Waals surface area contributed by atoms with Crippen LogP contribution in [0.2, 0.25) is 0 Å². The van der Waals surface area contributed by atoms with E-state index in [-0.39, 0.29) is 11.4 Å². The highest BCUT2D eigenvalue weighted by atomic mass is 16.5. The van der Waals surface area contributed by atoms with Gasteiger partial charge in [-0.05, 0) is 50.8 Å². The van der Waals surface area contributed by atoms with Crippen LogP contribution in [0.5, 0.6) is 5.75 Å². The Morgan fingerprint density at radius 3 is 2.50 bits per heavy atom. The number of amides is 1. The first-order chi connectivity index (χ1) is 11.3. The number of rotatable bonds is 6. The van der Waals surface area contributed by atoms with Crippen molar-refractivity contribution in [2.45, 2.75) is 39.7 Å². The third-order valence-corrected chi connectivity index (χ3v) is 3.77. The second-order valence-electron chi connectivity index (χ2n) is 7.09. The number of nitrogens with zero attached hydrogens (tertiary/aromatic N) is 3. The van der Waals surface area contributed by atoms with E-state index in [1.54, 1.807) is 18.0 Å². The average molecular weight is 330 g/mol. The van der Waals surface area contributed by atoms with E-state index >= 15 is 0 Å². The molecular formula is C18H26N4O2. The van der Waals surface area contributed by atoms with Crippen LogP contribution in [0.25, 0.3) is 0 Å². The van der Waals surface area contributed by atoms with Crippen LogP contribution in [0, 0.1) is 5.92 Å². The Bertz CT molecular complexity index is 671. The van der Waals surface area contributed by atoms with Gasteiger partial charge in [-0.25, -0.2) is 4.68 Å². The van der Waals surface area contributed by atoms with E-state index in [4.69, 9.17) is 4.74 Å². The second-order valence-corrected chi connectivity index (χ2v) is 7.09. The summed E-state index contributed by atoms with van der Waals surface area (Å²) in [5, 5.41) is 10.9. The van der Waals surface area contributed by atoms with Gasteiger partial charge < -0.3 is 10.1 Å². The van der Waals surface area contributed by atoms with Crippen molar-refractivity contribution in [2.75, 3.05) is 13.7 Å². The number of carbonyl (C=O) groups is 1. The molecule has 0 bridgehead atoms. The lowest BCUT2D eigenvalue weighted by Gasteiger charge is -2.17. The Kier molecular flexibility index (Phi) is 5.59. The van der Waals surface area contributed by atoms with Gasteiger partial charge >= 0.3 is 0 Å². The van der Waals surface area contributed by atoms with Crippen LogP contribution in [0.1, 0.15) is 43.7 Å². The maximum absolute atomic E-state index is 12.2. The first kappa shape index (κ1) is 18.0. The molecule has 6 nitrogen and oxygen atoms in total. The summed E-state index contributed by atoms with van der Waals surface area (Å²) in [6.07, 6.45) is 2.57. The summed E-state index contributed by atoms with van der Waals surface area (Å²) in [6.45, 7) is 8.74. The molecule has 1 amide bonds. The van der Waals surface area contributed by atoms with E-state index in [1.165, 1.54) is 5.56 Å². The van der Waals surface area contributed by atoms with Gasteiger partial charge in [0, 0.05) is 6.54 Å². The molecule has 6 heteroatoms. The van der Waals surface area contributed by atoms with Gasteiger partial charge in [0.05, 0.1) is 18.8 Å². The number of aromatic nitrogens is 3. The van der Waals surface area contributed by atoms with E-state index in [0.717, 1.165) is 12.2 Å². The fraction of sp³-hybridized carbons (Fsp3) is 0.500. The Hall–Kier alpha value is -2.37. The largest absolute Gasteiger partial charge is 0.497 e. The van der Waals surface area contributed by atoms with E-state index in [2.05, 4.69) is 22.6 Å². The van der Waals surface area contributed by atoms with E-state index in [9.17, 15) is 4.79 Å². The van der Waals surface area contributed by atoms with Crippen LogP contribution >= 0.6 is 0 Å². The standard InChI is InChI=1S/C18H26N4O2/c1-13(10-14-6-8-15(24-5)9-7-14)11-19-17(23)16-12-22(21-20-16)18(2,3)4/h6-9,12-13H,10-11H2,1-5H3,(H,19,23)/t13-/m0/s1. The molecule has 0 saturated carbocycles. The van der Waals surface area contributed by atoms with Gasteiger partial charge in [0.2, 0.25) is 0 Å². The first-order valence-electron chi connectivity index (χ1n) is 8.13. The monoisotopic (exact) mass is 330 g/mol. The molecule has 0 aliphatic carbocycles. The van der Waals surface area contributed by atoms with Crippen molar-refractivity contribution in [1.82, 2.24) is 20.3 Å². The van der Waals surface area contributed by atoms with Crippen molar-refractivity contribution >= 4 is 5.91 Å². The molecule has 0 aliphatic heterocycles. The fourth-order valence-corrected chi connectivity index (χ4v) is 2.29. The molecule has 0 fully saturated rings. The summed E-state index contributed by atoms with van der Waals surface area (Å²) in [4.78, 5) is 12.2. The fourth-order valence-electron chi connectivity index (χ4n) is 2.29. The smallest absolute Gasteiger partial charge is 0.273 e. The summed E-state index contributed by atoms with van der Waals surface area (Å²) in [5.74, 6) is 0.980. The molecule has 2 rings (SSSR count). The maximum Gasteiger partial charge on any atom is 0.273 e. The quantitative estimate of drug-likeness (QED) is 0.884. The molecule has 0 aliphatic rings. The van der Waals surface area contributed by atoms with Crippen LogP contribution in [0.3, 0.4) is 0 Å². The lowest BCUT2D eigenvalue weighted by molar-refractivity contribution is 0.0943. The number of benzene rings is 1. The zero-order valence-corrected chi connectivity index (χ0v) is 15.0. The molecule has 0 saturated heterocycles. The lowest BCUT2D eigenvalue weighted by Crippen LogP contribution is -2.29. The van der Waals surface area contributed by atoms with Gasteiger partial charge in [-0.3, -0.25) is 4.79 Å². The third kappa shape index (κ3) is 4.81. The zero-order valence-electron chi connectivity index (χ0n) is 15.0. The minimum Gasteiger partial charge on any atom is -0.497 e. The summed E-state index contributed by atoms with van der Waals surface area (Å²) in [7, 11) is 1.66. The van der Waals surface area contributed by atoms with Crippen LogP contribution in [-0.2, 0) is 12.0 Å². The molecule has 0 unspecified atom stereocenters. The molecule has 1 aromatic heterocycles. The third-order valence-electron chi connectivity index (χ3n) is 3.77. The number of carbonyl (C=O) groups excluding carboxylic acids is 1. The summed E-state index contributed by atoms with van der Waals surface area (Å²) < 4.78 is 6.85. The van der Waals surface area contributed by atoms with E-state index in [0.29, 0.717) is 18.2 Å². The molecule has 1 aromatic carbocycles. The van der Waals surface area contributed by atoms with Crippen molar-refractivity contribution in [3.8, 4) is 5.75 Å². The highest BCUT2D eigenvalue weighted by molar-refractivity contribution is 5.91. The molecule has 24 heavy (non-hydrogen) atoms. The van der Waals surface area contributed by atoms with Gasteiger partial charge in [0.15, 0.2) is 5.69 Å². The van der Waals surface area contributed by atoms with Gasteiger partial charge in [-0.1, -0.05) is 24.3 Å². The molecule has 2 aromatic rings. The van der Waals surface area contributed by atoms with Crippen molar-refractivity contribution in [3.63, 3.8) is 0 Å². The zero-order chi connectivity index (χ0) is 17.7. The molecule has 1 atom stereocenters. The number of nitrogens with one attached hydrogen (secondary N) is 1. The summed E-state index contributed by atoms with van der Waals surface area (Å²) in [5.41, 5.74) is 1.38. The topological polar surface area (TPSA) is 69.0 Å². The molecule has 130 valence electrons. The highest BCUT2D eigenvalue weighted by Gasteiger charge is 2.18.